The fraction of sp³-hybridized carbons (Fsp3) is 0.348. The van der Waals surface area contributed by atoms with Gasteiger partial charge in [0.15, 0.2) is 6.10 Å². The van der Waals surface area contributed by atoms with Crippen LogP contribution in [0, 0.1) is 0 Å². The van der Waals surface area contributed by atoms with Crippen molar-refractivity contribution in [3.8, 4) is 0 Å². The van der Waals surface area contributed by atoms with Crippen LogP contribution in [0.5, 0.6) is 0 Å². The molecule has 4 N–H and O–H groups in total. The van der Waals surface area contributed by atoms with Crippen molar-refractivity contribution in [3.05, 3.63) is 77.4 Å². The number of benzene rings is 2. The molecule has 0 bridgehead atoms. The number of ether oxygens (including phenoxy) is 2. The minimum atomic E-state index is -0.626. The molecule has 28 heavy (non-hydrogen) atoms. The highest BCUT2D eigenvalue weighted by Crippen LogP contribution is 2.29. The number of nitrogens with two attached hydrogens (primary N) is 2. The predicted octanol–water partition coefficient (Wildman–Crippen LogP) is 3.17. The Labute approximate surface area is 166 Å². The smallest absolute Gasteiger partial charge is 0.335 e. The van der Waals surface area contributed by atoms with E-state index >= 15 is 0 Å². The Morgan fingerprint density at radius 3 is 2.39 bits per heavy atom. The molecule has 5 heteroatoms. The maximum atomic E-state index is 12.3. The first-order valence-electron chi connectivity index (χ1n) is 9.56. The van der Waals surface area contributed by atoms with Crippen LogP contribution in [0.15, 0.2) is 60.7 Å². The monoisotopic (exact) mass is 380 g/mol. The fourth-order valence-corrected chi connectivity index (χ4v) is 3.30. The van der Waals surface area contributed by atoms with Crippen LogP contribution in [0.3, 0.4) is 0 Å². The number of allylic oxidation sites excluding steroid dienone is 1. The maximum Gasteiger partial charge on any atom is 0.335 e. The molecule has 3 rings (SSSR count). The third kappa shape index (κ3) is 5.52. The van der Waals surface area contributed by atoms with E-state index in [9.17, 15) is 4.79 Å². The average Bonchev–Trinajstić information content (AvgIpc) is 2.71. The van der Waals surface area contributed by atoms with Crippen molar-refractivity contribution in [1.29, 1.82) is 0 Å². The number of rotatable bonds is 7. The molecule has 1 atom stereocenters. The summed E-state index contributed by atoms with van der Waals surface area (Å²) in [6.45, 7) is 0.246. The van der Waals surface area contributed by atoms with Gasteiger partial charge >= 0.3 is 5.97 Å². The van der Waals surface area contributed by atoms with E-state index in [1.807, 2.05) is 42.5 Å². The number of hydrogen-bond donors (Lipinski definition) is 2. The summed E-state index contributed by atoms with van der Waals surface area (Å²) in [5, 5.41) is 0. The normalized spacial score (nSPS) is 16.9. The molecule has 0 unspecified atom stereocenters. The lowest BCUT2D eigenvalue weighted by atomic mass is 9.87. The fourth-order valence-electron chi connectivity index (χ4n) is 3.30. The second-order valence-corrected chi connectivity index (χ2v) is 7.39. The molecule has 0 heterocycles. The molecule has 1 aliphatic carbocycles. The molecule has 2 aromatic rings. The van der Waals surface area contributed by atoms with Gasteiger partial charge in [-0.25, -0.2) is 4.79 Å². The molecular weight excluding hydrogens is 352 g/mol. The van der Waals surface area contributed by atoms with Crippen LogP contribution < -0.4 is 11.5 Å². The first-order valence-corrected chi connectivity index (χ1v) is 9.56. The SMILES string of the molecule is CO[C@H](Cc1ccc(C2=CCC(N)(N)CC2)cc1)C(=O)OCc1ccccc1. The molecule has 0 amide bonds. The molecule has 2 aromatic carbocycles. The van der Waals surface area contributed by atoms with Gasteiger partial charge in [-0.1, -0.05) is 60.7 Å². The first kappa shape index (κ1) is 20.3. The molecule has 0 saturated heterocycles. The highest BCUT2D eigenvalue weighted by molar-refractivity contribution is 5.75. The van der Waals surface area contributed by atoms with Crippen LogP contribution >= 0.6 is 0 Å². The minimum Gasteiger partial charge on any atom is -0.459 e. The number of carbonyl (C=O) groups excluding carboxylic acids is 1. The van der Waals surface area contributed by atoms with E-state index in [4.69, 9.17) is 20.9 Å². The lowest BCUT2D eigenvalue weighted by Gasteiger charge is -2.28. The number of esters is 1. The second-order valence-electron chi connectivity index (χ2n) is 7.39. The molecule has 0 aliphatic heterocycles. The van der Waals surface area contributed by atoms with E-state index in [2.05, 4.69) is 18.2 Å². The Bertz CT molecular complexity index is 814. The van der Waals surface area contributed by atoms with E-state index in [1.54, 1.807) is 0 Å². The van der Waals surface area contributed by atoms with Gasteiger partial charge in [0.1, 0.15) is 6.61 Å². The Hall–Kier alpha value is -2.47. The second kappa shape index (κ2) is 9.15. The van der Waals surface area contributed by atoms with E-state index in [0.717, 1.165) is 24.0 Å². The van der Waals surface area contributed by atoms with Crippen LogP contribution in [-0.2, 0) is 27.3 Å². The highest BCUT2D eigenvalue weighted by atomic mass is 16.6. The molecule has 0 radical (unpaired) electrons. The summed E-state index contributed by atoms with van der Waals surface area (Å²) in [6, 6.07) is 17.8. The molecule has 148 valence electrons. The van der Waals surface area contributed by atoms with Crippen molar-refractivity contribution in [1.82, 2.24) is 0 Å². The number of methoxy groups -OCH3 is 1. The maximum absolute atomic E-state index is 12.3. The van der Waals surface area contributed by atoms with Gasteiger partial charge in [0, 0.05) is 13.5 Å². The number of hydrogen-bond acceptors (Lipinski definition) is 5. The Morgan fingerprint density at radius 2 is 1.79 bits per heavy atom. The molecule has 0 saturated carbocycles. The Kier molecular flexibility index (Phi) is 6.62. The Balaban J connectivity index is 1.57. The lowest BCUT2D eigenvalue weighted by Crippen LogP contribution is -2.49. The summed E-state index contributed by atoms with van der Waals surface area (Å²) in [5.41, 5.74) is 15.8. The summed E-state index contributed by atoms with van der Waals surface area (Å²) in [6.07, 6.45) is 4.30. The van der Waals surface area contributed by atoms with Crippen LogP contribution in [0.1, 0.15) is 36.0 Å². The van der Waals surface area contributed by atoms with Gasteiger partial charge in [-0.15, -0.1) is 0 Å². The van der Waals surface area contributed by atoms with E-state index in [1.165, 1.54) is 18.2 Å². The zero-order valence-corrected chi connectivity index (χ0v) is 16.3. The van der Waals surface area contributed by atoms with Crippen LogP contribution in [0.4, 0.5) is 0 Å². The Morgan fingerprint density at radius 1 is 1.07 bits per heavy atom. The van der Waals surface area contributed by atoms with E-state index in [0.29, 0.717) is 12.8 Å². The van der Waals surface area contributed by atoms with Crippen molar-refractivity contribution in [2.75, 3.05) is 7.11 Å². The topological polar surface area (TPSA) is 87.6 Å². The third-order valence-corrected chi connectivity index (χ3v) is 5.11. The predicted molar refractivity (Wildman–Crippen MR) is 110 cm³/mol. The van der Waals surface area contributed by atoms with Gasteiger partial charge in [-0.2, -0.15) is 0 Å². The third-order valence-electron chi connectivity index (χ3n) is 5.11. The lowest BCUT2D eigenvalue weighted by molar-refractivity contribution is -0.156. The molecule has 5 nitrogen and oxygen atoms in total. The zero-order chi connectivity index (χ0) is 20.0. The van der Waals surface area contributed by atoms with Crippen molar-refractivity contribution < 1.29 is 14.3 Å². The van der Waals surface area contributed by atoms with Gasteiger partial charge in [-0.3, -0.25) is 0 Å². The van der Waals surface area contributed by atoms with Crippen molar-refractivity contribution in [2.45, 2.75) is 44.1 Å². The largest absolute Gasteiger partial charge is 0.459 e. The quantitative estimate of drug-likeness (QED) is 0.569. The van der Waals surface area contributed by atoms with Crippen LogP contribution in [-0.4, -0.2) is 24.8 Å². The molecular formula is C23H28N2O3. The van der Waals surface area contributed by atoms with E-state index < -0.39 is 11.8 Å². The molecule has 0 fully saturated rings. The van der Waals surface area contributed by atoms with Crippen LogP contribution in [0.25, 0.3) is 5.57 Å². The highest BCUT2D eigenvalue weighted by Gasteiger charge is 2.23. The van der Waals surface area contributed by atoms with Crippen molar-refractivity contribution >= 4 is 11.5 Å². The summed E-state index contributed by atoms with van der Waals surface area (Å²) < 4.78 is 10.8. The first-order chi connectivity index (χ1) is 13.5. The van der Waals surface area contributed by atoms with Crippen molar-refractivity contribution in [3.63, 3.8) is 0 Å². The average molecular weight is 380 g/mol. The summed E-state index contributed by atoms with van der Waals surface area (Å²) in [4.78, 5) is 12.3. The van der Waals surface area contributed by atoms with Gasteiger partial charge in [0.05, 0.1) is 5.66 Å². The van der Waals surface area contributed by atoms with Gasteiger partial charge < -0.3 is 20.9 Å². The van der Waals surface area contributed by atoms with Gasteiger partial charge in [0.25, 0.3) is 0 Å². The van der Waals surface area contributed by atoms with Gasteiger partial charge in [0.2, 0.25) is 0 Å². The van der Waals surface area contributed by atoms with Crippen LogP contribution in [0.2, 0.25) is 0 Å². The van der Waals surface area contributed by atoms with Gasteiger partial charge in [-0.05, 0) is 41.5 Å². The summed E-state index contributed by atoms with van der Waals surface area (Å²) in [5.74, 6) is -0.354. The summed E-state index contributed by atoms with van der Waals surface area (Å²) in [7, 11) is 1.53. The molecule has 0 aromatic heterocycles. The standard InChI is InChI=1S/C23H28N2O3/c1-27-21(22(26)28-16-18-5-3-2-4-6-18)15-17-7-9-19(10-8-17)20-11-13-23(24,25)14-12-20/h2-11,21H,12-16,24-25H2,1H3/t21-/m1/s1. The number of carbonyl (C=O) groups is 1. The van der Waals surface area contributed by atoms with Crippen molar-refractivity contribution in [2.24, 2.45) is 11.5 Å². The summed E-state index contributed by atoms with van der Waals surface area (Å²) >= 11 is 0. The molecule has 1 aliphatic rings. The molecule has 0 spiro atoms. The zero-order valence-electron chi connectivity index (χ0n) is 16.3. The van der Waals surface area contributed by atoms with E-state index in [-0.39, 0.29) is 12.6 Å². The minimum absolute atomic E-state index is 0.246.